The van der Waals surface area contributed by atoms with Gasteiger partial charge in [-0.2, -0.15) is 0 Å². The van der Waals surface area contributed by atoms with Crippen LogP contribution in [0.5, 0.6) is 11.5 Å². The molecule has 1 aliphatic rings. The van der Waals surface area contributed by atoms with Crippen molar-refractivity contribution in [3.8, 4) is 11.5 Å². The van der Waals surface area contributed by atoms with E-state index in [1.165, 1.54) is 5.56 Å². The predicted octanol–water partition coefficient (Wildman–Crippen LogP) is 3.22. The number of nitrogens with zero attached hydrogens (tertiary/aromatic N) is 3. The Hall–Kier alpha value is -1.73. The molecule has 0 aliphatic carbocycles. The molecule has 0 saturated carbocycles. The van der Waals surface area contributed by atoms with Crippen molar-refractivity contribution in [1.29, 1.82) is 0 Å². The number of benzene rings is 1. The molecule has 1 fully saturated rings. The van der Waals surface area contributed by atoms with Crippen LogP contribution in [0.15, 0.2) is 30.5 Å². The summed E-state index contributed by atoms with van der Waals surface area (Å²) in [5.74, 6) is 2.28. The minimum absolute atomic E-state index is 0. The maximum absolute atomic E-state index is 6.29. The van der Waals surface area contributed by atoms with Crippen LogP contribution in [0.3, 0.4) is 0 Å². The molecule has 1 aromatic carbocycles. The van der Waals surface area contributed by atoms with Gasteiger partial charge in [-0.25, -0.2) is 4.98 Å². The third kappa shape index (κ3) is 5.41. The van der Waals surface area contributed by atoms with Crippen LogP contribution in [-0.4, -0.2) is 57.3 Å². The van der Waals surface area contributed by atoms with Gasteiger partial charge in [-0.3, -0.25) is 0 Å². The molecule has 1 saturated heterocycles. The first-order valence-electron chi connectivity index (χ1n) is 9.11. The highest BCUT2D eigenvalue weighted by atomic mass is 35.5. The zero-order valence-corrected chi connectivity index (χ0v) is 18.1. The summed E-state index contributed by atoms with van der Waals surface area (Å²) >= 11 is 6.29. The van der Waals surface area contributed by atoms with Gasteiger partial charge in [0, 0.05) is 51.0 Å². The average molecular weight is 427 g/mol. The molecule has 0 unspecified atom stereocenters. The van der Waals surface area contributed by atoms with Crippen LogP contribution < -0.4 is 19.7 Å². The molecule has 0 atom stereocenters. The third-order valence-electron chi connectivity index (χ3n) is 4.81. The predicted molar refractivity (Wildman–Crippen MR) is 116 cm³/mol. The smallest absolute Gasteiger partial charge is 0.179 e. The quantitative estimate of drug-likeness (QED) is 0.733. The van der Waals surface area contributed by atoms with E-state index in [9.17, 15) is 0 Å². The number of pyridine rings is 1. The first-order chi connectivity index (χ1) is 13.1. The van der Waals surface area contributed by atoms with Crippen LogP contribution in [0.1, 0.15) is 11.1 Å². The van der Waals surface area contributed by atoms with E-state index in [0.29, 0.717) is 23.1 Å². The van der Waals surface area contributed by atoms with E-state index in [2.05, 4.69) is 33.2 Å². The summed E-state index contributed by atoms with van der Waals surface area (Å²) in [4.78, 5) is 9.34. The van der Waals surface area contributed by atoms with E-state index < -0.39 is 0 Å². The molecule has 8 heteroatoms. The zero-order valence-electron chi connectivity index (χ0n) is 16.6. The topological polar surface area (TPSA) is 49.9 Å². The number of rotatable bonds is 7. The first-order valence-corrected chi connectivity index (χ1v) is 9.48. The molecule has 1 N–H and O–H groups in total. The number of likely N-dealkylation sites (N-methyl/N-ethyl adjacent to an activating group) is 1. The first kappa shape index (κ1) is 22.6. The van der Waals surface area contributed by atoms with Gasteiger partial charge in [-0.05, 0) is 30.8 Å². The van der Waals surface area contributed by atoms with Gasteiger partial charge in [0.25, 0.3) is 0 Å². The summed E-state index contributed by atoms with van der Waals surface area (Å²) in [6, 6.07) is 7.97. The number of piperazine rings is 1. The number of nitrogens with one attached hydrogen (secondary N) is 1. The second kappa shape index (κ2) is 10.7. The van der Waals surface area contributed by atoms with Crippen LogP contribution in [0.25, 0.3) is 0 Å². The average Bonchev–Trinajstić information content (AvgIpc) is 2.68. The number of hydrogen-bond donors (Lipinski definition) is 1. The number of aromatic nitrogens is 1. The van der Waals surface area contributed by atoms with Crippen LogP contribution in [-0.2, 0) is 13.1 Å². The number of ether oxygens (including phenoxy) is 2. The van der Waals surface area contributed by atoms with Gasteiger partial charge in [0.2, 0.25) is 0 Å². The molecule has 0 amide bonds. The van der Waals surface area contributed by atoms with E-state index in [1.807, 2.05) is 24.4 Å². The Morgan fingerprint density at radius 3 is 2.54 bits per heavy atom. The zero-order chi connectivity index (χ0) is 19.2. The van der Waals surface area contributed by atoms with Crippen molar-refractivity contribution in [3.05, 3.63) is 46.6 Å². The highest BCUT2D eigenvalue weighted by Gasteiger charge is 2.18. The standard InChI is InChI=1S/C20H27ClN4O2.ClH/c1-24-7-9-25(10-8-24)20-16(5-4-6-23-20)14-22-13-15-11-17(21)19(27-3)18(12-15)26-2;/h4-6,11-12,22H,7-10,13-14H2,1-3H3;1H. The Bertz CT molecular complexity index is 768. The number of halogens is 2. The minimum Gasteiger partial charge on any atom is -0.493 e. The van der Waals surface area contributed by atoms with Gasteiger partial charge in [-0.15, -0.1) is 12.4 Å². The molecule has 6 nitrogen and oxygen atoms in total. The highest BCUT2D eigenvalue weighted by molar-refractivity contribution is 6.32. The molecular weight excluding hydrogens is 399 g/mol. The van der Waals surface area contributed by atoms with E-state index in [-0.39, 0.29) is 12.4 Å². The fraction of sp³-hybridized carbons (Fsp3) is 0.450. The van der Waals surface area contributed by atoms with Crippen LogP contribution in [0, 0.1) is 0 Å². The lowest BCUT2D eigenvalue weighted by atomic mass is 10.1. The number of hydrogen-bond acceptors (Lipinski definition) is 6. The van der Waals surface area contributed by atoms with E-state index in [0.717, 1.165) is 44.1 Å². The van der Waals surface area contributed by atoms with Crippen LogP contribution in [0.4, 0.5) is 5.82 Å². The Balaban J connectivity index is 0.00000280. The van der Waals surface area contributed by atoms with Gasteiger partial charge in [0.15, 0.2) is 11.5 Å². The van der Waals surface area contributed by atoms with Crippen molar-refractivity contribution in [2.45, 2.75) is 13.1 Å². The van der Waals surface area contributed by atoms with Crippen LogP contribution in [0.2, 0.25) is 5.02 Å². The lowest BCUT2D eigenvalue weighted by molar-refractivity contribution is 0.311. The molecule has 1 aliphatic heterocycles. The summed E-state index contributed by atoms with van der Waals surface area (Å²) in [6.45, 7) is 5.55. The fourth-order valence-corrected chi connectivity index (χ4v) is 3.60. The van der Waals surface area contributed by atoms with E-state index >= 15 is 0 Å². The maximum Gasteiger partial charge on any atom is 0.179 e. The van der Waals surface area contributed by atoms with Crippen molar-refractivity contribution in [2.24, 2.45) is 0 Å². The Morgan fingerprint density at radius 2 is 1.86 bits per heavy atom. The lowest BCUT2D eigenvalue weighted by Crippen LogP contribution is -2.45. The summed E-state index contributed by atoms with van der Waals surface area (Å²) in [7, 11) is 5.36. The Kier molecular flexibility index (Phi) is 8.63. The lowest BCUT2D eigenvalue weighted by Gasteiger charge is -2.34. The molecule has 2 aromatic rings. The molecule has 154 valence electrons. The molecule has 3 rings (SSSR count). The van der Waals surface area contributed by atoms with E-state index in [1.54, 1.807) is 14.2 Å². The molecule has 1 aromatic heterocycles. The SMILES string of the molecule is COc1cc(CNCc2cccnc2N2CCN(C)CC2)cc(Cl)c1OC.Cl. The number of methoxy groups -OCH3 is 2. The summed E-state index contributed by atoms with van der Waals surface area (Å²) in [6.07, 6.45) is 1.87. The van der Waals surface area contributed by atoms with Crippen molar-refractivity contribution < 1.29 is 9.47 Å². The second-order valence-electron chi connectivity index (χ2n) is 6.69. The molecular formula is C20H28Cl2N4O2. The van der Waals surface area contributed by atoms with E-state index in [4.69, 9.17) is 21.1 Å². The van der Waals surface area contributed by atoms with Gasteiger partial charge < -0.3 is 24.6 Å². The third-order valence-corrected chi connectivity index (χ3v) is 5.09. The summed E-state index contributed by atoms with van der Waals surface area (Å²) in [5, 5.41) is 4.04. The van der Waals surface area contributed by atoms with Gasteiger partial charge >= 0.3 is 0 Å². The highest BCUT2D eigenvalue weighted by Crippen LogP contribution is 2.36. The van der Waals surface area contributed by atoms with Crippen molar-refractivity contribution in [2.75, 3.05) is 52.3 Å². The monoisotopic (exact) mass is 426 g/mol. The maximum atomic E-state index is 6.29. The van der Waals surface area contributed by atoms with Gasteiger partial charge in [0.1, 0.15) is 5.82 Å². The van der Waals surface area contributed by atoms with Gasteiger partial charge in [0.05, 0.1) is 19.2 Å². The molecule has 2 heterocycles. The Labute approximate surface area is 178 Å². The molecule has 0 radical (unpaired) electrons. The van der Waals surface area contributed by atoms with Crippen molar-refractivity contribution >= 4 is 29.8 Å². The minimum atomic E-state index is 0. The number of anilines is 1. The van der Waals surface area contributed by atoms with Gasteiger partial charge in [-0.1, -0.05) is 17.7 Å². The normalized spacial score (nSPS) is 14.5. The van der Waals surface area contributed by atoms with Crippen molar-refractivity contribution in [1.82, 2.24) is 15.2 Å². The molecule has 0 bridgehead atoms. The fourth-order valence-electron chi connectivity index (χ4n) is 3.29. The second-order valence-corrected chi connectivity index (χ2v) is 7.10. The summed E-state index contributed by atoms with van der Waals surface area (Å²) < 4.78 is 10.7. The summed E-state index contributed by atoms with van der Waals surface area (Å²) in [5.41, 5.74) is 2.25. The van der Waals surface area contributed by atoms with Crippen LogP contribution >= 0.6 is 24.0 Å². The molecule has 28 heavy (non-hydrogen) atoms. The molecule has 0 spiro atoms. The Morgan fingerprint density at radius 1 is 1.11 bits per heavy atom. The largest absolute Gasteiger partial charge is 0.493 e. The van der Waals surface area contributed by atoms with Crippen molar-refractivity contribution in [3.63, 3.8) is 0 Å².